The Morgan fingerprint density at radius 2 is 0.667 bits per heavy atom. The second-order valence-corrected chi connectivity index (χ2v) is 6.87. The van der Waals surface area contributed by atoms with Crippen LogP contribution in [-0.2, 0) is 0 Å². The molecule has 1 heterocycles. The van der Waals surface area contributed by atoms with Gasteiger partial charge in [0.15, 0.2) is 0 Å². The van der Waals surface area contributed by atoms with E-state index in [4.69, 9.17) is 0 Å². The molecular weight excluding hydrogens is 438 g/mol. The molecule has 4 rings (SSSR count). The van der Waals surface area contributed by atoms with Gasteiger partial charge in [-0.1, -0.05) is 0 Å². The van der Waals surface area contributed by atoms with Gasteiger partial charge in [-0.2, -0.15) is 0 Å². The third-order valence-electron chi connectivity index (χ3n) is 4.75. The summed E-state index contributed by atoms with van der Waals surface area (Å²) in [5, 5.41) is 59.4. The van der Waals surface area contributed by atoms with Crippen molar-refractivity contribution in [1.82, 2.24) is 13.7 Å². The summed E-state index contributed by atoms with van der Waals surface area (Å²) in [7, 11) is 0. The predicted octanol–water partition coefficient (Wildman–Crippen LogP) is 0.373. The lowest BCUT2D eigenvalue weighted by Gasteiger charge is -2.16. The molecule has 1 aromatic heterocycles. The van der Waals surface area contributed by atoms with Gasteiger partial charge in [0.25, 0.3) is 0 Å². The Hall–Kier alpha value is -5.13. The first-order valence-corrected chi connectivity index (χ1v) is 9.18. The van der Waals surface area contributed by atoms with Crippen LogP contribution in [0.3, 0.4) is 0 Å². The van der Waals surface area contributed by atoms with Crippen LogP contribution in [0.4, 0.5) is 0 Å². The molecule has 0 saturated carbocycles. The zero-order chi connectivity index (χ0) is 24.0. The van der Waals surface area contributed by atoms with Crippen molar-refractivity contribution in [3.05, 3.63) is 86.1 Å². The minimum Gasteiger partial charge on any atom is -0.508 e. The van der Waals surface area contributed by atoms with Crippen LogP contribution in [0.15, 0.2) is 69.0 Å². The van der Waals surface area contributed by atoms with Crippen molar-refractivity contribution in [3.8, 4) is 51.6 Å². The fourth-order valence-corrected chi connectivity index (χ4v) is 3.27. The smallest absolute Gasteiger partial charge is 0.345 e. The zero-order valence-corrected chi connectivity index (χ0v) is 16.4. The van der Waals surface area contributed by atoms with E-state index in [2.05, 4.69) is 0 Å². The van der Waals surface area contributed by atoms with Crippen LogP contribution < -0.4 is 17.1 Å². The van der Waals surface area contributed by atoms with Gasteiger partial charge in [0.1, 0.15) is 34.5 Å². The second kappa shape index (κ2) is 7.53. The van der Waals surface area contributed by atoms with E-state index in [0.29, 0.717) is 13.7 Å². The standard InChI is InChI=1S/C21H15N3O9/c25-10-1-4-13(16(28)7-10)22-19(31)23(14-5-2-11(26)8-17(14)29)21(33)24(20(22)32)15-6-3-12(27)9-18(15)30/h1-9,25-30H. The molecule has 4 aromatic rings. The number of nitrogens with zero attached hydrogens (tertiary/aromatic N) is 3. The number of hydrogen-bond donors (Lipinski definition) is 6. The quantitative estimate of drug-likeness (QED) is 0.255. The van der Waals surface area contributed by atoms with E-state index in [1.165, 1.54) is 0 Å². The number of phenols is 6. The molecule has 0 fully saturated rings. The van der Waals surface area contributed by atoms with Crippen LogP contribution in [-0.4, -0.2) is 44.3 Å². The first-order chi connectivity index (χ1) is 15.6. The molecule has 0 aliphatic carbocycles. The van der Waals surface area contributed by atoms with Gasteiger partial charge in [-0.15, -0.1) is 0 Å². The Labute approximate surface area is 182 Å². The fourth-order valence-electron chi connectivity index (χ4n) is 3.27. The number of aromatic nitrogens is 3. The maximum absolute atomic E-state index is 13.3. The Morgan fingerprint density at radius 3 is 0.879 bits per heavy atom. The number of aromatic hydroxyl groups is 6. The summed E-state index contributed by atoms with van der Waals surface area (Å²) in [5.41, 5.74) is -5.16. The summed E-state index contributed by atoms with van der Waals surface area (Å²) >= 11 is 0. The zero-order valence-electron chi connectivity index (χ0n) is 16.4. The average Bonchev–Trinajstić information content (AvgIpc) is 2.72. The number of hydrogen-bond acceptors (Lipinski definition) is 9. The van der Waals surface area contributed by atoms with Gasteiger partial charge in [0.2, 0.25) is 0 Å². The third kappa shape index (κ3) is 3.40. The first kappa shape index (κ1) is 21.1. The molecule has 0 bridgehead atoms. The van der Waals surface area contributed by atoms with Crippen LogP contribution in [0.2, 0.25) is 0 Å². The van der Waals surface area contributed by atoms with Crippen molar-refractivity contribution in [2.24, 2.45) is 0 Å². The summed E-state index contributed by atoms with van der Waals surface area (Å²) < 4.78 is 1.15. The summed E-state index contributed by atoms with van der Waals surface area (Å²) in [4.78, 5) is 39.8. The van der Waals surface area contributed by atoms with Crippen LogP contribution in [0.5, 0.6) is 34.5 Å². The van der Waals surface area contributed by atoms with E-state index >= 15 is 0 Å². The van der Waals surface area contributed by atoms with E-state index in [9.17, 15) is 45.0 Å². The normalized spacial score (nSPS) is 10.9. The molecule has 12 heteroatoms. The summed E-state index contributed by atoms with van der Waals surface area (Å²) in [6, 6.07) is 8.94. The Morgan fingerprint density at radius 1 is 0.424 bits per heavy atom. The summed E-state index contributed by atoms with van der Waals surface area (Å²) in [5.74, 6) is -3.16. The topological polar surface area (TPSA) is 187 Å². The molecule has 0 amide bonds. The Bertz CT molecular complexity index is 1380. The predicted molar refractivity (Wildman–Crippen MR) is 113 cm³/mol. The minimum atomic E-state index is -1.30. The number of rotatable bonds is 3. The summed E-state index contributed by atoms with van der Waals surface area (Å²) in [6.07, 6.45) is 0. The second-order valence-electron chi connectivity index (χ2n) is 6.87. The molecule has 0 saturated heterocycles. The molecule has 0 aliphatic rings. The molecule has 0 aliphatic heterocycles. The van der Waals surface area contributed by atoms with E-state index in [1.54, 1.807) is 0 Å². The first-order valence-electron chi connectivity index (χ1n) is 9.18. The van der Waals surface area contributed by atoms with Crippen molar-refractivity contribution >= 4 is 0 Å². The fraction of sp³-hybridized carbons (Fsp3) is 0. The van der Waals surface area contributed by atoms with Crippen molar-refractivity contribution in [1.29, 1.82) is 0 Å². The summed E-state index contributed by atoms with van der Waals surface area (Å²) in [6.45, 7) is 0. The van der Waals surface area contributed by atoms with E-state index < -0.39 is 51.4 Å². The van der Waals surface area contributed by atoms with Gasteiger partial charge in [-0.25, -0.2) is 28.1 Å². The van der Waals surface area contributed by atoms with Crippen LogP contribution in [0, 0.1) is 0 Å². The SMILES string of the molecule is O=c1n(-c2ccc(O)cc2O)c(=O)n(-c2ccc(O)cc2O)c(=O)n1-c1ccc(O)cc1O. The van der Waals surface area contributed by atoms with Gasteiger partial charge in [-0.05, 0) is 36.4 Å². The highest BCUT2D eigenvalue weighted by Crippen LogP contribution is 2.27. The van der Waals surface area contributed by atoms with Gasteiger partial charge in [-0.3, -0.25) is 0 Å². The Balaban J connectivity index is 2.22. The molecule has 168 valence electrons. The van der Waals surface area contributed by atoms with E-state index in [1.807, 2.05) is 0 Å². The van der Waals surface area contributed by atoms with E-state index in [0.717, 1.165) is 54.6 Å². The molecule has 0 atom stereocenters. The van der Waals surface area contributed by atoms with Gasteiger partial charge in [0, 0.05) is 18.2 Å². The van der Waals surface area contributed by atoms with Crippen LogP contribution in [0.25, 0.3) is 17.1 Å². The van der Waals surface area contributed by atoms with Crippen molar-refractivity contribution in [3.63, 3.8) is 0 Å². The average molecular weight is 453 g/mol. The molecule has 33 heavy (non-hydrogen) atoms. The highest BCUT2D eigenvalue weighted by atomic mass is 16.3. The lowest BCUT2D eigenvalue weighted by Crippen LogP contribution is -2.52. The van der Waals surface area contributed by atoms with Crippen molar-refractivity contribution in [2.45, 2.75) is 0 Å². The molecule has 12 nitrogen and oxygen atoms in total. The van der Waals surface area contributed by atoms with Gasteiger partial charge in [0.05, 0.1) is 17.1 Å². The maximum atomic E-state index is 13.3. The molecule has 0 unspecified atom stereocenters. The van der Waals surface area contributed by atoms with Crippen molar-refractivity contribution in [2.75, 3.05) is 0 Å². The maximum Gasteiger partial charge on any atom is 0.345 e. The highest BCUT2D eigenvalue weighted by Gasteiger charge is 2.24. The van der Waals surface area contributed by atoms with Crippen molar-refractivity contribution < 1.29 is 30.6 Å². The minimum absolute atomic E-state index is 0.370. The largest absolute Gasteiger partial charge is 0.508 e. The van der Waals surface area contributed by atoms with Gasteiger partial charge < -0.3 is 30.6 Å². The molecule has 0 spiro atoms. The van der Waals surface area contributed by atoms with Crippen LogP contribution in [0.1, 0.15) is 0 Å². The molecule has 0 radical (unpaired) electrons. The molecule has 3 aromatic carbocycles. The molecule has 6 N–H and O–H groups in total. The Kier molecular flexibility index (Phi) is 4.82. The van der Waals surface area contributed by atoms with Crippen LogP contribution >= 0.6 is 0 Å². The lowest BCUT2D eigenvalue weighted by molar-refractivity contribution is 0.442. The molecular formula is C21H15N3O9. The van der Waals surface area contributed by atoms with Gasteiger partial charge >= 0.3 is 17.1 Å². The highest BCUT2D eigenvalue weighted by molar-refractivity contribution is 5.53. The number of phenolic OH excluding ortho intramolecular Hbond substituents is 6. The third-order valence-corrected chi connectivity index (χ3v) is 4.75. The lowest BCUT2D eigenvalue weighted by atomic mass is 10.2. The monoisotopic (exact) mass is 453 g/mol. The number of benzene rings is 3. The van der Waals surface area contributed by atoms with E-state index in [-0.39, 0.29) is 17.2 Å².